The summed E-state index contributed by atoms with van der Waals surface area (Å²) in [5, 5.41) is 0. The molecule has 1 atom stereocenters. The molecule has 0 aromatic heterocycles. The third kappa shape index (κ3) is 9.22. The van der Waals surface area contributed by atoms with Crippen molar-refractivity contribution in [2.45, 2.75) is 63.9 Å². The van der Waals surface area contributed by atoms with Gasteiger partial charge in [-0.15, -0.1) is 0 Å². The molecule has 3 rings (SSSR count). The third-order valence-corrected chi connectivity index (χ3v) is 7.87. The first-order valence-corrected chi connectivity index (χ1v) is 14.9. The lowest BCUT2D eigenvalue weighted by Crippen LogP contribution is -2.41. The van der Waals surface area contributed by atoms with Crippen molar-refractivity contribution in [2.75, 3.05) is 11.4 Å². The molecule has 3 aromatic carbocycles. The SMILES string of the molecule is COC(=O)C(CC#Cc1cccc(S(=O)(=O)N(C(=O)OC(C)(C)C)c2ccc(C)cc2)c1)CCCc1ccccc1. The molecule has 3 aromatic rings. The van der Waals surface area contributed by atoms with Crippen molar-refractivity contribution in [1.82, 2.24) is 0 Å². The molecule has 0 aliphatic heterocycles. The summed E-state index contributed by atoms with van der Waals surface area (Å²) in [5.41, 5.74) is 1.81. The maximum Gasteiger partial charge on any atom is 0.429 e. The molecule has 0 bridgehead atoms. The number of hydrogen-bond donors (Lipinski definition) is 0. The molecule has 216 valence electrons. The highest BCUT2D eigenvalue weighted by Crippen LogP contribution is 2.27. The summed E-state index contributed by atoms with van der Waals surface area (Å²) < 4.78 is 38.6. The van der Waals surface area contributed by atoms with E-state index in [1.54, 1.807) is 57.2 Å². The van der Waals surface area contributed by atoms with Crippen molar-refractivity contribution in [1.29, 1.82) is 0 Å². The number of esters is 1. The molecule has 0 aliphatic carbocycles. The summed E-state index contributed by atoms with van der Waals surface area (Å²) in [5.74, 6) is 5.27. The number of hydrogen-bond acceptors (Lipinski definition) is 6. The zero-order chi connectivity index (χ0) is 30.0. The number of anilines is 1. The highest BCUT2D eigenvalue weighted by molar-refractivity contribution is 7.93. The van der Waals surface area contributed by atoms with Crippen molar-refractivity contribution in [3.05, 3.63) is 95.6 Å². The number of carbonyl (C=O) groups excluding carboxylic acids is 2. The Labute approximate surface area is 243 Å². The molecule has 0 N–H and O–H groups in total. The van der Waals surface area contributed by atoms with Crippen LogP contribution in [-0.4, -0.2) is 33.2 Å². The molecular formula is C33H37NO6S. The molecule has 7 nitrogen and oxygen atoms in total. The largest absolute Gasteiger partial charge is 0.469 e. The van der Waals surface area contributed by atoms with Crippen LogP contribution in [-0.2, 0) is 30.7 Å². The number of nitrogens with zero attached hydrogens (tertiary/aromatic N) is 1. The Morgan fingerprint density at radius 1 is 0.951 bits per heavy atom. The fourth-order valence-corrected chi connectivity index (χ4v) is 5.48. The Morgan fingerprint density at radius 3 is 2.27 bits per heavy atom. The molecule has 0 fully saturated rings. The van der Waals surface area contributed by atoms with Gasteiger partial charge in [0.2, 0.25) is 0 Å². The van der Waals surface area contributed by atoms with Crippen molar-refractivity contribution in [2.24, 2.45) is 5.92 Å². The van der Waals surface area contributed by atoms with Gasteiger partial charge in [-0.25, -0.2) is 13.2 Å². The van der Waals surface area contributed by atoms with Crippen LogP contribution in [0.25, 0.3) is 0 Å². The van der Waals surface area contributed by atoms with Gasteiger partial charge in [0.25, 0.3) is 10.0 Å². The fourth-order valence-electron chi connectivity index (χ4n) is 4.11. The Balaban J connectivity index is 1.82. The smallest absolute Gasteiger partial charge is 0.429 e. The van der Waals surface area contributed by atoms with E-state index in [-0.39, 0.29) is 23.0 Å². The van der Waals surface area contributed by atoms with Gasteiger partial charge >= 0.3 is 12.1 Å². The van der Waals surface area contributed by atoms with Gasteiger partial charge in [-0.1, -0.05) is 65.9 Å². The lowest BCUT2D eigenvalue weighted by molar-refractivity contribution is -0.145. The molecular weight excluding hydrogens is 538 g/mol. The van der Waals surface area contributed by atoms with E-state index in [9.17, 15) is 18.0 Å². The Bertz CT molecular complexity index is 1500. The van der Waals surface area contributed by atoms with E-state index in [2.05, 4.69) is 24.0 Å². The van der Waals surface area contributed by atoms with Crippen molar-refractivity contribution < 1.29 is 27.5 Å². The quantitative estimate of drug-likeness (QED) is 0.209. The van der Waals surface area contributed by atoms with Gasteiger partial charge in [-0.2, -0.15) is 4.31 Å². The summed E-state index contributed by atoms with van der Waals surface area (Å²) in [7, 11) is -2.98. The Morgan fingerprint density at radius 2 is 1.63 bits per heavy atom. The number of ether oxygens (including phenoxy) is 2. The highest BCUT2D eigenvalue weighted by atomic mass is 32.2. The average molecular weight is 576 g/mol. The summed E-state index contributed by atoms with van der Waals surface area (Å²) in [6, 6.07) is 22.7. The Kier molecular flexibility index (Phi) is 10.7. The van der Waals surface area contributed by atoms with Gasteiger partial charge in [0.15, 0.2) is 0 Å². The normalized spacial score (nSPS) is 12.0. The van der Waals surface area contributed by atoms with E-state index in [0.717, 1.165) is 18.4 Å². The molecule has 8 heteroatoms. The number of amides is 1. The van der Waals surface area contributed by atoms with Crippen LogP contribution in [0.5, 0.6) is 0 Å². The van der Waals surface area contributed by atoms with Crippen LogP contribution in [0, 0.1) is 24.7 Å². The maximum atomic E-state index is 13.8. The van der Waals surface area contributed by atoms with Crippen LogP contribution in [0.2, 0.25) is 0 Å². The second-order valence-electron chi connectivity index (χ2n) is 10.7. The van der Waals surface area contributed by atoms with Crippen LogP contribution in [0.4, 0.5) is 10.5 Å². The van der Waals surface area contributed by atoms with Crippen molar-refractivity contribution in [3.63, 3.8) is 0 Å². The van der Waals surface area contributed by atoms with E-state index in [1.165, 1.54) is 24.8 Å². The summed E-state index contributed by atoms with van der Waals surface area (Å²) in [6.07, 6.45) is 1.53. The topological polar surface area (TPSA) is 90.0 Å². The predicted molar refractivity (Wildman–Crippen MR) is 160 cm³/mol. The number of carbonyl (C=O) groups is 2. The van der Waals surface area contributed by atoms with Crippen LogP contribution in [0.15, 0.2) is 83.8 Å². The first kappa shape index (κ1) is 31.4. The van der Waals surface area contributed by atoms with Crippen LogP contribution in [0.3, 0.4) is 0 Å². The molecule has 1 amide bonds. The first-order chi connectivity index (χ1) is 19.4. The maximum absolute atomic E-state index is 13.8. The molecule has 0 heterocycles. The van der Waals surface area contributed by atoms with Crippen LogP contribution in [0.1, 0.15) is 56.7 Å². The summed E-state index contributed by atoms with van der Waals surface area (Å²) in [4.78, 5) is 25.4. The molecule has 0 aliphatic rings. The number of sulfonamides is 1. The number of benzene rings is 3. The number of aryl methyl sites for hydroxylation is 2. The predicted octanol–water partition coefficient (Wildman–Crippen LogP) is 6.68. The van der Waals surface area contributed by atoms with E-state index in [1.807, 2.05) is 25.1 Å². The average Bonchev–Trinajstić information content (AvgIpc) is 2.92. The molecule has 0 saturated carbocycles. The third-order valence-electron chi connectivity index (χ3n) is 6.18. The summed E-state index contributed by atoms with van der Waals surface area (Å²) in [6.45, 7) is 6.88. The van der Waals surface area contributed by atoms with Gasteiger partial charge in [0.1, 0.15) is 5.60 Å². The molecule has 1 unspecified atom stereocenters. The zero-order valence-corrected chi connectivity index (χ0v) is 25.0. The fraction of sp³-hybridized carbons (Fsp3) is 0.333. The lowest BCUT2D eigenvalue weighted by atomic mass is 9.96. The second kappa shape index (κ2) is 14.0. The van der Waals surface area contributed by atoms with E-state index >= 15 is 0 Å². The molecule has 41 heavy (non-hydrogen) atoms. The minimum absolute atomic E-state index is 0.108. The lowest BCUT2D eigenvalue weighted by Gasteiger charge is -2.27. The minimum Gasteiger partial charge on any atom is -0.469 e. The molecule has 0 radical (unpaired) electrons. The summed E-state index contributed by atoms with van der Waals surface area (Å²) >= 11 is 0. The number of methoxy groups -OCH3 is 1. The van der Waals surface area contributed by atoms with Crippen molar-refractivity contribution in [3.8, 4) is 11.8 Å². The highest BCUT2D eigenvalue weighted by Gasteiger charge is 2.34. The minimum atomic E-state index is -4.34. The van der Waals surface area contributed by atoms with Crippen LogP contribution >= 0.6 is 0 Å². The van der Waals surface area contributed by atoms with Crippen molar-refractivity contribution >= 4 is 27.8 Å². The standard InChI is InChI=1S/C33H37NO6S/c1-25-20-22-29(23-21-25)34(32(36)40-33(2,3)4)41(37,38)30-19-11-16-27(24-30)15-10-18-28(31(35)39-5)17-9-14-26-12-7-6-8-13-26/h6-8,11-13,16,19-24,28H,9,14,17-18H2,1-5H3. The zero-order valence-electron chi connectivity index (χ0n) is 24.2. The van der Waals surface area contributed by atoms with Gasteiger partial charge in [0.05, 0.1) is 23.6 Å². The second-order valence-corrected chi connectivity index (χ2v) is 12.5. The van der Waals surface area contributed by atoms with E-state index < -0.39 is 27.6 Å². The van der Waals surface area contributed by atoms with Gasteiger partial charge in [0, 0.05) is 12.0 Å². The van der Waals surface area contributed by atoms with Gasteiger partial charge in [-0.3, -0.25) is 4.79 Å². The van der Waals surface area contributed by atoms with E-state index in [4.69, 9.17) is 9.47 Å². The number of rotatable bonds is 9. The molecule has 0 saturated heterocycles. The monoisotopic (exact) mass is 575 g/mol. The first-order valence-electron chi connectivity index (χ1n) is 13.5. The Hall–Kier alpha value is -4.09. The molecule has 0 spiro atoms. The van der Waals surface area contributed by atoms with E-state index in [0.29, 0.717) is 16.3 Å². The van der Waals surface area contributed by atoms with Crippen LogP contribution < -0.4 is 4.31 Å². The van der Waals surface area contributed by atoms with Gasteiger partial charge < -0.3 is 9.47 Å². The van der Waals surface area contributed by atoms with Gasteiger partial charge in [-0.05, 0) is 82.9 Å².